The number of aromatic nitrogens is 3. The molecule has 178 valence electrons. The highest BCUT2D eigenvalue weighted by atomic mass is 19.1. The molecule has 8 nitrogen and oxygen atoms in total. The molecule has 0 radical (unpaired) electrons. The van der Waals surface area contributed by atoms with Crippen molar-refractivity contribution < 1.29 is 14.0 Å². The molecule has 1 aromatic carbocycles. The number of hydrogen-bond acceptors (Lipinski definition) is 5. The number of anilines is 3. The van der Waals surface area contributed by atoms with Gasteiger partial charge in [-0.2, -0.15) is 5.10 Å². The van der Waals surface area contributed by atoms with Gasteiger partial charge >= 0.3 is 0 Å². The molecule has 1 fully saturated rings. The van der Waals surface area contributed by atoms with Crippen molar-refractivity contribution in [1.29, 1.82) is 0 Å². The zero-order chi connectivity index (χ0) is 24.1. The van der Waals surface area contributed by atoms with Gasteiger partial charge in [0.05, 0.1) is 23.8 Å². The summed E-state index contributed by atoms with van der Waals surface area (Å²) in [5, 5.41) is 12.8. The van der Waals surface area contributed by atoms with Crippen molar-refractivity contribution in [2.45, 2.75) is 45.1 Å². The Hall–Kier alpha value is -3.75. The Morgan fingerprint density at radius 1 is 1.18 bits per heavy atom. The first kappa shape index (κ1) is 23.4. The summed E-state index contributed by atoms with van der Waals surface area (Å²) >= 11 is 0. The van der Waals surface area contributed by atoms with Gasteiger partial charge < -0.3 is 16.0 Å². The number of halogens is 1. The van der Waals surface area contributed by atoms with E-state index >= 15 is 0 Å². The van der Waals surface area contributed by atoms with Crippen LogP contribution in [0, 0.1) is 18.7 Å². The highest BCUT2D eigenvalue weighted by molar-refractivity contribution is 6.01. The molecule has 2 aromatic heterocycles. The fourth-order valence-electron chi connectivity index (χ4n) is 4.30. The molecular formula is C25H29FN6O2. The van der Waals surface area contributed by atoms with Crippen LogP contribution in [0.4, 0.5) is 21.5 Å². The van der Waals surface area contributed by atoms with Gasteiger partial charge in [0.25, 0.3) is 5.91 Å². The molecular weight excluding hydrogens is 435 g/mol. The summed E-state index contributed by atoms with van der Waals surface area (Å²) in [6.07, 6.45) is 9.43. The molecule has 34 heavy (non-hydrogen) atoms. The van der Waals surface area contributed by atoms with Crippen LogP contribution < -0.4 is 16.0 Å². The van der Waals surface area contributed by atoms with E-state index in [9.17, 15) is 14.0 Å². The summed E-state index contributed by atoms with van der Waals surface area (Å²) in [6.45, 7) is 1.77. The average Bonchev–Trinajstić information content (AvgIpc) is 3.47. The Labute approximate surface area is 198 Å². The molecule has 0 bridgehead atoms. The lowest BCUT2D eigenvalue weighted by molar-refractivity contribution is -0.118. The fourth-order valence-corrected chi connectivity index (χ4v) is 4.30. The summed E-state index contributed by atoms with van der Waals surface area (Å²) < 4.78 is 15.7. The number of carbonyl (C=O) groups is 2. The zero-order valence-corrected chi connectivity index (χ0v) is 19.3. The Morgan fingerprint density at radius 2 is 1.97 bits per heavy atom. The number of hydrogen-bond donors (Lipinski definition) is 3. The van der Waals surface area contributed by atoms with Gasteiger partial charge in [0.2, 0.25) is 5.91 Å². The van der Waals surface area contributed by atoms with Crippen LogP contribution in [-0.2, 0) is 11.8 Å². The molecule has 1 atom stereocenters. The molecule has 0 aliphatic heterocycles. The summed E-state index contributed by atoms with van der Waals surface area (Å²) in [5.41, 5.74) is 2.47. The number of rotatable bonds is 8. The number of benzene rings is 1. The van der Waals surface area contributed by atoms with E-state index in [1.54, 1.807) is 61.4 Å². The van der Waals surface area contributed by atoms with E-state index in [1.165, 1.54) is 0 Å². The van der Waals surface area contributed by atoms with E-state index in [2.05, 4.69) is 26.0 Å². The fraction of sp³-hybridized carbons (Fsp3) is 0.360. The van der Waals surface area contributed by atoms with Crippen LogP contribution in [0.2, 0.25) is 0 Å². The zero-order valence-electron chi connectivity index (χ0n) is 19.3. The normalized spacial score (nSPS) is 14.6. The van der Waals surface area contributed by atoms with E-state index in [0.717, 1.165) is 31.9 Å². The first-order chi connectivity index (χ1) is 16.4. The molecule has 1 unspecified atom stereocenters. The molecule has 1 saturated carbocycles. The Bertz CT molecular complexity index is 1170. The van der Waals surface area contributed by atoms with Gasteiger partial charge in [-0.1, -0.05) is 31.7 Å². The summed E-state index contributed by atoms with van der Waals surface area (Å²) in [6, 6.07) is 7.69. The van der Waals surface area contributed by atoms with E-state index in [1.807, 2.05) is 0 Å². The molecule has 4 rings (SSSR count). The van der Waals surface area contributed by atoms with Crippen molar-refractivity contribution >= 4 is 28.9 Å². The van der Waals surface area contributed by atoms with Gasteiger partial charge in [-0.15, -0.1) is 0 Å². The summed E-state index contributed by atoms with van der Waals surface area (Å²) in [7, 11) is 1.77. The minimum Gasteiger partial charge on any atom is -0.353 e. The SMILES string of the molecule is Cc1cc(Nc2cccc(C(=O)NC(CC3CCCC3)C(=O)Nc3cnn(C)c3)c2)c(F)cn1. The van der Waals surface area contributed by atoms with Crippen LogP contribution in [0.3, 0.4) is 0 Å². The topological polar surface area (TPSA) is 101 Å². The number of carbonyl (C=O) groups excluding carboxylic acids is 2. The van der Waals surface area contributed by atoms with E-state index < -0.39 is 11.9 Å². The second-order valence-corrected chi connectivity index (χ2v) is 8.82. The van der Waals surface area contributed by atoms with Gasteiger partial charge in [-0.05, 0) is 43.5 Å². The van der Waals surface area contributed by atoms with E-state index in [0.29, 0.717) is 35.0 Å². The molecule has 9 heteroatoms. The van der Waals surface area contributed by atoms with Gasteiger partial charge in [-0.3, -0.25) is 19.3 Å². The van der Waals surface area contributed by atoms with Crippen LogP contribution >= 0.6 is 0 Å². The maximum absolute atomic E-state index is 14.1. The lowest BCUT2D eigenvalue weighted by Gasteiger charge is -2.21. The number of amides is 2. The summed E-state index contributed by atoms with van der Waals surface area (Å²) in [5.74, 6) is -0.712. The van der Waals surface area contributed by atoms with Crippen LogP contribution in [0.15, 0.2) is 48.9 Å². The third kappa shape index (κ3) is 5.98. The van der Waals surface area contributed by atoms with Gasteiger partial charge in [0, 0.05) is 30.2 Å². The second kappa shape index (κ2) is 10.5. The molecule has 0 spiro atoms. The largest absolute Gasteiger partial charge is 0.353 e. The van der Waals surface area contributed by atoms with E-state index in [-0.39, 0.29) is 17.5 Å². The molecule has 1 aliphatic rings. The lowest BCUT2D eigenvalue weighted by atomic mass is 9.97. The number of aryl methyl sites for hydroxylation is 2. The molecule has 2 heterocycles. The van der Waals surface area contributed by atoms with Crippen LogP contribution in [0.25, 0.3) is 0 Å². The molecule has 3 aromatic rings. The molecule has 3 N–H and O–H groups in total. The van der Waals surface area contributed by atoms with Crippen molar-refractivity contribution in [3.63, 3.8) is 0 Å². The summed E-state index contributed by atoms with van der Waals surface area (Å²) in [4.78, 5) is 30.1. The van der Waals surface area contributed by atoms with Crippen molar-refractivity contribution in [2.24, 2.45) is 13.0 Å². The maximum atomic E-state index is 14.1. The number of nitrogens with zero attached hydrogens (tertiary/aromatic N) is 3. The van der Waals surface area contributed by atoms with Gasteiger partial charge in [0.1, 0.15) is 6.04 Å². The third-order valence-corrected chi connectivity index (χ3v) is 6.03. The number of pyridine rings is 1. The Morgan fingerprint density at radius 3 is 2.71 bits per heavy atom. The predicted molar refractivity (Wildman–Crippen MR) is 128 cm³/mol. The number of nitrogens with one attached hydrogen (secondary N) is 3. The average molecular weight is 465 g/mol. The van der Waals surface area contributed by atoms with Crippen molar-refractivity contribution in [3.8, 4) is 0 Å². The van der Waals surface area contributed by atoms with Crippen molar-refractivity contribution in [2.75, 3.05) is 10.6 Å². The minimum absolute atomic E-state index is 0.267. The van der Waals surface area contributed by atoms with Crippen LogP contribution in [0.1, 0.15) is 48.2 Å². The quantitative estimate of drug-likeness (QED) is 0.461. The lowest BCUT2D eigenvalue weighted by Crippen LogP contribution is -2.44. The Balaban J connectivity index is 1.48. The van der Waals surface area contributed by atoms with Gasteiger partial charge in [-0.25, -0.2) is 4.39 Å². The third-order valence-electron chi connectivity index (χ3n) is 6.03. The predicted octanol–water partition coefficient (Wildman–Crippen LogP) is 4.32. The Kier molecular flexibility index (Phi) is 7.20. The molecule has 0 saturated heterocycles. The van der Waals surface area contributed by atoms with Crippen LogP contribution in [0.5, 0.6) is 0 Å². The smallest absolute Gasteiger partial charge is 0.252 e. The minimum atomic E-state index is -0.673. The van der Waals surface area contributed by atoms with Gasteiger partial charge in [0.15, 0.2) is 5.82 Å². The first-order valence-electron chi connectivity index (χ1n) is 11.5. The molecule has 2 amide bonds. The van der Waals surface area contributed by atoms with Crippen molar-refractivity contribution in [1.82, 2.24) is 20.1 Å². The first-order valence-corrected chi connectivity index (χ1v) is 11.5. The second-order valence-electron chi connectivity index (χ2n) is 8.82. The monoisotopic (exact) mass is 464 g/mol. The highest BCUT2D eigenvalue weighted by Gasteiger charge is 2.27. The van der Waals surface area contributed by atoms with Crippen molar-refractivity contribution in [3.05, 3.63) is 66.0 Å². The highest BCUT2D eigenvalue weighted by Crippen LogP contribution is 2.29. The standard InChI is InChI=1S/C25H29FN6O2/c1-16-10-22(21(26)14-27-16)29-19-9-5-8-18(12-19)24(33)31-23(11-17-6-3-4-7-17)25(34)30-20-13-28-32(2)15-20/h5,8-10,12-15,17,23H,3-4,6-7,11H2,1-2H3,(H,27,29)(H,30,34)(H,31,33). The van der Waals surface area contributed by atoms with Crippen LogP contribution in [-0.4, -0.2) is 32.6 Å². The maximum Gasteiger partial charge on any atom is 0.252 e. The molecule has 1 aliphatic carbocycles. The van der Waals surface area contributed by atoms with E-state index in [4.69, 9.17) is 0 Å².